The topological polar surface area (TPSA) is 68.9 Å². The zero-order chi connectivity index (χ0) is 10.4. The predicted octanol–water partition coefficient (Wildman–Crippen LogP) is 1.14. The lowest BCUT2D eigenvalue weighted by Gasteiger charge is -2.09. The van der Waals surface area contributed by atoms with E-state index in [-0.39, 0.29) is 6.10 Å². The molecule has 0 aliphatic heterocycles. The molecule has 1 unspecified atom stereocenters. The predicted molar refractivity (Wildman–Crippen MR) is 53.7 cm³/mol. The lowest BCUT2D eigenvalue weighted by atomic mass is 10.3. The Bertz CT molecular complexity index is 315. The number of aliphatic hydroxyl groups excluding tert-OH is 1. The number of nitrogens with one attached hydrogen (secondary N) is 1. The number of aromatic nitrogens is 1. The average molecular weight is 191 g/mol. The van der Waals surface area contributed by atoms with Crippen molar-refractivity contribution in [3.8, 4) is 6.07 Å². The van der Waals surface area contributed by atoms with Crippen LogP contribution in [0.3, 0.4) is 0 Å². The summed E-state index contributed by atoms with van der Waals surface area (Å²) < 4.78 is 0. The Kier molecular flexibility index (Phi) is 3.89. The Labute approximate surface area is 83.2 Å². The fourth-order valence-electron chi connectivity index (χ4n) is 0.931. The van der Waals surface area contributed by atoms with Gasteiger partial charge in [-0.25, -0.2) is 4.98 Å². The third-order valence-electron chi connectivity index (χ3n) is 1.88. The van der Waals surface area contributed by atoms with Crippen molar-refractivity contribution in [1.29, 1.82) is 5.26 Å². The second-order valence-electron chi connectivity index (χ2n) is 2.99. The minimum Gasteiger partial charge on any atom is -0.391 e. The third kappa shape index (κ3) is 3.04. The second-order valence-corrected chi connectivity index (χ2v) is 2.99. The molecular formula is C10H13N3O. The number of rotatable bonds is 4. The van der Waals surface area contributed by atoms with E-state index in [0.717, 1.165) is 0 Å². The van der Waals surface area contributed by atoms with Crippen LogP contribution in [0.15, 0.2) is 18.3 Å². The molecule has 0 radical (unpaired) electrons. The van der Waals surface area contributed by atoms with Gasteiger partial charge in [0.1, 0.15) is 11.9 Å². The van der Waals surface area contributed by atoms with Gasteiger partial charge in [0.25, 0.3) is 0 Å². The van der Waals surface area contributed by atoms with Gasteiger partial charge in [-0.05, 0) is 18.6 Å². The maximum atomic E-state index is 9.28. The zero-order valence-corrected chi connectivity index (χ0v) is 8.07. The minimum absolute atomic E-state index is 0.354. The standard InChI is InChI=1S/C10H13N3O/c1-2-9(14)7-13-10-4-3-8(5-11)6-12-10/h3-4,6,9,14H,2,7H2,1H3,(H,12,13). The van der Waals surface area contributed by atoms with E-state index in [4.69, 9.17) is 5.26 Å². The largest absolute Gasteiger partial charge is 0.391 e. The van der Waals surface area contributed by atoms with Crippen molar-refractivity contribution >= 4 is 5.82 Å². The Morgan fingerprint density at radius 3 is 2.93 bits per heavy atom. The number of anilines is 1. The minimum atomic E-state index is -0.354. The maximum absolute atomic E-state index is 9.28. The summed E-state index contributed by atoms with van der Waals surface area (Å²) in [6.07, 6.45) is 1.86. The molecule has 1 aromatic rings. The number of hydrogen-bond donors (Lipinski definition) is 2. The van der Waals surface area contributed by atoms with E-state index in [1.807, 2.05) is 13.0 Å². The molecule has 0 saturated heterocycles. The first kappa shape index (κ1) is 10.5. The SMILES string of the molecule is CCC(O)CNc1ccc(C#N)cn1. The highest BCUT2D eigenvalue weighted by atomic mass is 16.3. The molecule has 2 N–H and O–H groups in total. The molecule has 1 rings (SSSR count). The first-order valence-corrected chi connectivity index (χ1v) is 4.54. The summed E-state index contributed by atoms with van der Waals surface area (Å²) >= 11 is 0. The average Bonchev–Trinajstić information content (AvgIpc) is 2.26. The Hall–Kier alpha value is -1.60. The molecule has 0 saturated carbocycles. The van der Waals surface area contributed by atoms with Gasteiger partial charge in [0, 0.05) is 12.7 Å². The summed E-state index contributed by atoms with van der Waals surface area (Å²) in [4.78, 5) is 4.01. The molecule has 0 amide bonds. The number of nitriles is 1. The molecule has 0 fully saturated rings. The van der Waals surface area contributed by atoms with Gasteiger partial charge in [-0.1, -0.05) is 6.92 Å². The molecule has 0 bridgehead atoms. The van der Waals surface area contributed by atoms with Crippen molar-refractivity contribution in [2.45, 2.75) is 19.4 Å². The van der Waals surface area contributed by atoms with Gasteiger partial charge >= 0.3 is 0 Å². The van der Waals surface area contributed by atoms with Crippen LogP contribution in [-0.4, -0.2) is 22.7 Å². The van der Waals surface area contributed by atoms with E-state index < -0.39 is 0 Å². The van der Waals surface area contributed by atoms with Crippen molar-refractivity contribution in [2.24, 2.45) is 0 Å². The number of pyridine rings is 1. The highest BCUT2D eigenvalue weighted by Gasteiger charge is 2.00. The molecule has 1 atom stereocenters. The van der Waals surface area contributed by atoms with E-state index >= 15 is 0 Å². The number of nitrogens with zero attached hydrogens (tertiary/aromatic N) is 2. The van der Waals surface area contributed by atoms with Crippen molar-refractivity contribution < 1.29 is 5.11 Å². The molecule has 4 nitrogen and oxygen atoms in total. The summed E-state index contributed by atoms with van der Waals surface area (Å²) in [5.74, 6) is 0.677. The molecule has 0 spiro atoms. The molecule has 14 heavy (non-hydrogen) atoms. The van der Waals surface area contributed by atoms with Crippen LogP contribution in [0.2, 0.25) is 0 Å². The van der Waals surface area contributed by atoms with Gasteiger partial charge in [-0.15, -0.1) is 0 Å². The molecule has 0 aliphatic rings. The fraction of sp³-hybridized carbons (Fsp3) is 0.400. The van der Waals surface area contributed by atoms with Crippen molar-refractivity contribution in [2.75, 3.05) is 11.9 Å². The molecule has 1 aromatic heterocycles. The van der Waals surface area contributed by atoms with Crippen LogP contribution in [-0.2, 0) is 0 Å². The first-order valence-electron chi connectivity index (χ1n) is 4.54. The molecule has 4 heteroatoms. The van der Waals surface area contributed by atoms with E-state index in [9.17, 15) is 5.11 Å². The molecule has 0 aromatic carbocycles. The maximum Gasteiger partial charge on any atom is 0.126 e. The van der Waals surface area contributed by atoms with Crippen LogP contribution >= 0.6 is 0 Å². The van der Waals surface area contributed by atoms with Crippen molar-refractivity contribution in [3.05, 3.63) is 23.9 Å². The quantitative estimate of drug-likeness (QED) is 0.748. The van der Waals surface area contributed by atoms with Gasteiger partial charge in [-0.3, -0.25) is 0 Å². The van der Waals surface area contributed by atoms with E-state index in [1.54, 1.807) is 12.1 Å². The lowest BCUT2D eigenvalue weighted by Crippen LogP contribution is -2.18. The van der Waals surface area contributed by atoms with Crippen LogP contribution in [0.4, 0.5) is 5.82 Å². The van der Waals surface area contributed by atoms with E-state index in [0.29, 0.717) is 24.3 Å². The lowest BCUT2D eigenvalue weighted by molar-refractivity contribution is 0.183. The van der Waals surface area contributed by atoms with Crippen molar-refractivity contribution in [1.82, 2.24) is 4.98 Å². The zero-order valence-electron chi connectivity index (χ0n) is 8.07. The highest BCUT2D eigenvalue weighted by molar-refractivity contribution is 5.38. The van der Waals surface area contributed by atoms with E-state index in [2.05, 4.69) is 10.3 Å². The highest BCUT2D eigenvalue weighted by Crippen LogP contribution is 2.04. The first-order chi connectivity index (χ1) is 6.76. The summed E-state index contributed by atoms with van der Waals surface area (Å²) in [5.41, 5.74) is 0.534. The number of aliphatic hydroxyl groups is 1. The van der Waals surface area contributed by atoms with Crippen LogP contribution in [0.25, 0.3) is 0 Å². The van der Waals surface area contributed by atoms with Gasteiger partial charge < -0.3 is 10.4 Å². The monoisotopic (exact) mass is 191 g/mol. The molecular weight excluding hydrogens is 178 g/mol. The third-order valence-corrected chi connectivity index (χ3v) is 1.88. The Morgan fingerprint density at radius 1 is 1.64 bits per heavy atom. The normalized spacial score (nSPS) is 11.8. The second kappa shape index (κ2) is 5.20. The summed E-state index contributed by atoms with van der Waals surface area (Å²) in [5, 5.41) is 20.8. The van der Waals surface area contributed by atoms with Crippen LogP contribution < -0.4 is 5.32 Å². The summed E-state index contributed by atoms with van der Waals surface area (Å²) in [7, 11) is 0. The number of hydrogen-bond acceptors (Lipinski definition) is 4. The van der Waals surface area contributed by atoms with Crippen molar-refractivity contribution in [3.63, 3.8) is 0 Å². The van der Waals surface area contributed by atoms with Gasteiger partial charge in [0.05, 0.1) is 11.7 Å². The molecule has 1 heterocycles. The smallest absolute Gasteiger partial charge is 0.126 e. The van der Waals surface area contributed by atoms with Crippen LogP contribution in [0.5, 0.6) is 0 Å². The molecule has 0 aliphatic carbocycles. The Balaban J connectivity index is 2.49. The van der Waals surface area contributed by atoms with Crippen LogP contribution in [0.1, 0.15) is 18.9 Å². The van der Waals surface area contributed by atoms with Gasteiger partial charge in [-0.2, -0.15) is 5.26 Å². The Morgan fingerprint density at radius 2 is 2.43 bits per heavy atom. The molecule has 74 valence electrons. The van der Waals surface area contributed by atoms with Crippen LogP contribution in [0, 0.1) is 11.3 Å². The van der Waals surface area contributed by atoms with Gasteiger partial charge in [0.2, 0.25) is 0 Å². The van der Waals surface area contributed by atoms with Gasteiger partial charge in [0.15, 0.2) is 0 Å². The van der Waals surface area contributed by atoms with E-state index in [1.165, 1.54) is 6.20 Å². The summed E-state index contributed by atoms with van der Waals surface area (Å²) in [6, 6.07) is 5.40. The summed E-state index contributed by atoms with van der Waals surface area (Å²) in [6.45, 7) is 2.40. The fourth-order valence-corrected chi connectivity index (χ4v) is 0.931.